The van der Waals surface area contributed by atoms with Crippen LogP contribution in [0.1, 0.15) is 25.3 Å². The first kappa shape index (κ1) is 16.1. The third-order valence-electron chi connectivity index (χ3n) is 2.62. The molecule has 0 amide bonds. The number of methoxy groups -OCH3 is 1. The summed E-state index contributed by atoms with van der Waals surface area (Å²) in [6.45, 7) is 4.27. The highest BCUT2D eigenvalue weighted by Gasteiger charge is 2.10. The van der Waals surface area contributed by atoms with Gasteiger partial charge in [-0.05, 0) is 31.0 Å². The van der Waals surface area contributed by atoms with Crippen LogP contribution in [-0.4, -0.2) is 32.0 Å². The third-order valence-corrected chi connectivity index (χ3v) is 2.97. The maximum absolute atomic E-state index is 8.72. The molecule has 2 N–H and O–H groups in total. The Morgan fingerprint density at radius 3 is 2.74 bits per heavy atom. The Morgan fingerprint density at radius 2 is 2.11 bits per heavy atom. The van der Waals surface area contributed by atoms with E-state index in [1.165, 1.54) is 0 Å². The van der Waals surface area contributed by atoms with Gasteiger partial charge < -0.3 is 19.9 Å². The van der Waals surface area contributed by atoms with E-state index in [0.29, 0.717) is 29.7 Å². The SMILES string of the molecule is CCCOc1cc(Cl)c(CNCCCO)cc1OC. The minimum atomic E-state index is 0.188. The van der Waals surface area contributed by atoms with E-state index in [-0.39, 0.29) is 6.61 Å². The minimum Gasteiger partial charge on any atom is -0.493 e. The summed E-state index contributed by atoms with van der Waals surface area (Å²) in [6.07, 6.45) is 1.66. The standard InChI is InChI=1S/C14H22ClNO3/c1-3-7-19-14-9-12(15)11(8-13(14)18-2)10-16-5-4-6-17/h8-9,16-17H,3-7,10H2,1-2H3. The van der Waals surface area contributed by atoms with Crippen molar-refractivity contribution in [2.45, 2.75) is 26.3 Å². The summed E-state index contributed by atoms with van der Waals surface area (Å²) in [5, 5.41) is 12.6. The van der Waals surface area contributed by atoms with Gasteiger partial charge >= 0.3 is 0 Å². The number of nitrogens with one attached hydrogen (secondary N) is 1. The van der Waals surface area contributed by atoms with Gasteiger partial charge in [0.05, 0.1) is 13.7 Å². The van der Waals surface area contributed by atoms with Gasteiger partial charge in [0, 0.05) is 24.2 Å². The van der Waals surface area contributed by atoms with E-state index in [0.717, 1.165) is 24.9 Å². The van der Waals surface area contributed by atoms with Crippen molar-refractivity contribution in [3.8, 4) is 11.5 Å². The summed E-state index contributed by atoms with van der Waals surface area (Å²) < 4.78 is 10.9. The monoisotopic (exact) mass is 287 g/mol. The lowest BCUT2D eigenvalue weighted by molar-refractivity contribution is 0.286. The van der Waals surface area contributed by atoms with E-state index in [4.69, 9.17) is 26.2 Å². The van der Waals surface area contributed by atoms with Gasteiger partial charge in [0.1, 0.15) is 0 Å². The molecule has 0 saturated heterocycles. The van der Waals surface area contributed by atoms with Crippen LogP contribution in [0, 0.1) is 0 Å². The van der Waals surface area contributed by atoms with Crippen molar-refractivity contribution in [1.29, 1.82) is 0 Å². The fourth-order valence-corrected chi connectivity index (χ4v) is 1.84. The van der Waals surface area contributed by atoms with Crippen LogP contribution in [-0.2, 0) is 6.54 Å². The molecule has 0 radical (unpaired) electrons. The molecule has 0 saturated carbocycles. The Balaban J connectivity index is 2.71. The van der Waals surface area contributed by atoms with Crippen molar-refractivity contribution >= 4 is 11.6 Å². The van der Waals surface area contributed by atoms with Crippen LogP contribution in [0.5, 0.6) is 11.5 Å². The van der Waals surface area contributed by atoms with Crippen LogP contribution < -0.4 is 14.8 Å². The van der Waals surface area contributed by atoms with Crippen LogP contribution >= 0.6 is 11.6 Å². The van der Waals surface area contributed by atoms with Crippen LogP contribution in [0.15, 0.2) is 12.1 Å². The molecule has 4 nitrogen and oxygen atoms in total. The highest BCUT2D eigenvalue weighted by Crippen LogP contribution is 2.33. The third kappa shape index (κ3) is 5.27. The summed E-state index contributed by atoms with van der Waals surface area (Å²) in [7, 11) is 1.62. The Labute approximate surface area is 119 Å². The van der Waals surface area contributed by atoms with Gasteiger partial charge in [0.25, 0.3) is 0 Å². The second-order valence-corrected chi connectivity index (χ2v) is 4.60. The van der Waals surface area contributed by atoms with E-state index in [1.807, 2.05) is 13.0 Å². The summed E-state index contributed by atoms with van der Waals surface area (Å²) in [6, 6.07) is 3.68. The molecule has 0 spiro atoms. The number of hydrogen-bond acceptors (Lipinski definition) is 4. The Kier molecular flexibility index (Phi) is 7.63. The maximum Gasteiger partial charge on any atom is 0.162 e. The largest absolute Gasteiger partial charge is 0.493 e. The van der Waals surface area contributed by atoms with Crippen molar-refractivity contribution in [3.05, 3.63) is 22.7 Å². The molecule has 0 unspecified atom stereocenters. The lowest BCUT2D eigenvalue weighted by Crippen LogP contribution is -2.16. The summed E-state index contributed by atoms with van der Waals surface area (Å²) in [5.74, 6) is 1.37. The molecule has 0 fully saturated rings. The summed E-state index contributed by atoms with van der Waals surface area (Å²) in [4.78, 5) is 0. The fraction of sp³-hybridized carbons (Fsp3) is 0.571. The zero-order valence-corrected chi connectivity index (χ0v) is 12.3. The molecule has 0 aromatic heterocycles. The highest BCUT2D eigenvalue weighted by molar-refractivity contribution is 6.31. The van der Waals surface area contributed by atoms with E-state index in [2.05, 4.69) is 5.32 Å². The predicted molar refractivity (Wildman–Crippen MR) is 77.2 cm³/mol. The lowest BCUT2D eigenvalue weighted by Gasteiger charge is -2.13. The first-order valence-corrected chi connectivity index (χ1v) is 6.91. The van der Waals surface area contributed by atoms with Crippen molar-refractivity contribution in [2.75, 3.05) is 26.9 Å². The average molecular weight is 288 g/mol. The Morgan fingerprint density at radius 1 is 1.32 bits per heavy atom. The first-order valence-electron chi connectivity index (χ1n) is 6.53. The number of hydrogen-bond donors (Lipinski definition) is 2. The van der Waals surface area contributed by atoms with Crippen molar-refractivity contribution in [2.24, 2.45) is 0 Å². The maximum atomic E-state index is 8.72. The van der Waals surface area contributed by atoms with Crippen LogP contribution in [0.2, 0.25) is 5.02 Å². The van der Waals surface area contributed by atoms with E-state index >= 15 is 0 Å². The van der Waals surface area contributed by atoms with E-state index in [1.54, 1.807) is 13.2 Å². The first-order chi connectivity index (χ1) is 9.22. The molecule has 1 aromatic rings. The lowest BCUT2D eigenvalue weighted by atomic mass is 10.2. The molecule has 0 aliphatic rings. The highest BCUT2D eigenvalue weighted by atomic mass is 35.5. The van der Waals surface area contributed by atoms with Gasteiger partial charge in [-0.3, -0.25) is 0 Å². The average Bonchev–Trinajstić information content (AvgIpc) is 2.42. The molecular weight excluding hydrogens is 266 g/mol. The molecule has 0 heterocycles. The van der Waals surface area contributed by atoms with E-state index in [9.17, 15) is 0 Å². The molecule has 1 aromatic carbocycles. The molecule has 0 aliphatic carbocycles. The number of aliphatic hydroxyl groups excluding tert-OH is 1. The van der Waals surface area contributed by atoms with Gasteiger partial charge in [0.2, 0.25) is 0 Å². The normalized spacial score (nSPS) is 10.5. The Bertz CT molecular complexity index is 385. The molecule has 0 atom stereocenters. The van der Waals surface area contributed by atoms with E-state index < -0.39 is 0 Å². The zero-order chi connectivity index (χ0) is 14.1. The van der Waals surface area contributed by atoms with Crippen LogP contribution in [0.25, 0.3) is 0 Å². The molecule has 108 valence electrons. The van der Waals surface area contributed by atoms with Crippen molar-refractivity contribution in [1.82, 2.24) is 5.32 Å². The van der Waals surface area contributed by atoms with Crippen LogP contribution in [0.4, 0.5) is 0 Å². The van der Waals surface area contributed by atoms with Gasteiger partial charge in [-0.1, -0.05) is 18.5 Å². The fourth-order valence-electron chi connectivity index (χ4n) is 1.62. The number of halogens is 1. The number of rotatable bonds is 9. The second kappa shape index (κ2) is 9.02. The molecule has 0 bridgehead atoms. The number of aliphatic hydroxyl groups is 1. The minimum absolute atomic E-state index is 0.188. The molecule has 19 heavy (non-hydrogen) atoms. The smallest absolute Gasteiger partial charge is 0.162 e. The zero-order valence-electron chi connectivity index (χ0n) is 11.5. The Hall–Kier alpha value is -0.970. The van der Waals surface area contributed by atoms with Gasteiger partial charge in [0.15, 0.2) is 11.5 Å². The van der Waals surface area contributed by atoms with Crippen molar-refractivity contribution in [3.63, 3.8) is 0 Å². The van der Waals surface area contributed by atoms with Gasteiger partial charge in [-0.15, -0.1) is 0 Å². The molecule has 0 aliphatic heterocycles. The van der Waals surface area contributed by atoms with Crippen molar-refractivity contribution < 1.29 is 14.6 Å². The number of ether oxygens (including phenoxy) is 2. The molecule has 1 rings (SSSR count). The quantitative estimate of drug-likeness (QED) is 0.686. The second-order valence-electron chi connectivity index (χ2n) is 4.20. The van der Waals surface area contributed by atoms with Gasteiger partial charge in [-0.25, -0.2) is 0 Å². The summed E-state index contributed by atoms with van der Waals surface area (Å²) in [5.41, 5.74) is 0.959. The topological polar surface area (TPSA) is 50.7 Å². The molecule has 5 heteroatoms. The summed E-state index contributed by atoms with van der Waals surface area (Å²) >= 11 is 6.23. The van der Waals surface area contributed by atoms with Gasteiger partial charge in [-0.2, -0.15) is 0 Å². The number of benzene rings is 1. The molecular formula is C14H22ClNO3. The van der Waals surface area contributed by atoms with Crippen LogP contribution in [0.3, 0.4) is 0 Å². The predicted octanol–water partition coefficient (Wildman–Crippen LogP) is 2.61.